The molecule has 2 N–H and O–H groups in total. The molecule has 110 valence electrons. The van der Waals surface area contributed by atoms with Crippen molar-refractivity contribution in [3.63, 3.8) is 0 Å². The van der Waals surface area contributed by atoms with E-state index in [0.29, 0.717) is 12.3 Å². The molecule has 1 saturated carbocycles. The molecule has 4 heteroatoms. The zero-order valence-electron chi connectivity index (χ0n) is 12.4. The standard InChI is InChI=1S/C16H23NO3/c1-11-4-5-12(8-14(11)20-3)9-15(19)17-16(2,10-18)13-6-7-13/h4-5,8,13,18H,6-7,9-10H2,1-3H3,(H,17,19). The zero-order chi connectivity index (χ0) is 14.8. The van der Waals surface area contributed by atoms with E-state index in [2.05, 4.69) is 5.32 Å². The second kappa shape index (κ2) is 5.83. The Balaban J connectivity index is 2.00. The van der Waals surface area contributed by atoms with Gasteiger partial charge in [-0.05, 0) is 49.8 Å². The molecule has 20 heavy (non-hydrogen) atoms. The highest BCUT2D eigenvalue weighted by atomic mass is 16.5. The van der Waals surface area contributed by atoms with Gasteiger partial charge in [-0.2, -0.15) is 0 Å². The van der Waals surface area contributed by atoms with Gasteiger partial charge in [0.1, 0.15) is 5.75 Å². The molecule has 1 aromatic carbocycles. The summed E-state index contributed by atoms with van der Waals surface area (Å²) in [5, 5.41) is 12.5. The molecule has 1 aliphatic rings. The lowest BCUT2D eigenvalue weighted by molar-refractivity contribution is -0.123. The first kappa shape index (κ1) is 14.9. The van der Waals surface area contributed by atoms with Gasteiger partial charge < -0.3 is 15.2 Å². The van der Waals surface area contributed by atoms with E-state index in [1.54, 1.807) is 7.11 Å². The number of rotatable bonds is 6. The van der Waals surface area contributed by atoms with Gasteiger partial charge in [-0.25, -0.2) is 0 Å². The maximum Gasteiger partial charge on any atom is 0.224 e. The predicted octanol–water partition coefficient (Wildman–Crippen LogP) is 1.82. The van der Waals surface area contributed by atoms with Crippen LogP contribution in [-0.4, -0.2) is 30.3 Å². The first-order valence-electron chi connectivity index (χ1n) is 7.04. The molecule has 0 saturated heterocycles. The third-order valence-electron chi connectivity index (χ3n) is 4.07. The quantitative estimate of drug-likeness (QED) is 0.834. The van der Waals surface area contributed by atoms with Crippen molar-refractivity contribution in [2.45, 2.75) is 38.6 Å². The number of aliphatic hydroxyl groups is 1. The van der Waals surface area contributed by atoms with Gasteiger partial charge in [-0.15, -0.1) is 0 Å². The number of aliphatic hydroxyl groups excluding tert-OH is 1. The smallest absolute Gasteiger partial charge is 0.224 e. The Hall–Kier alpha value is -1.55. The summed E-state index contributed by atoms with van der Waals surface area (Å²) in [4.78, 5) is 12.1. The fourth-order valence-electron chi connectivity index (χ4n) is 2.51. The number of benzene rings is 1. The first-order chi connectivity index (χ1) is 9.48. The van der Waals surface area contributed by atoms with Crippen molar-refractivity contribution < 1.29 is 14.6 Å². The summed E-state index contributed by atoms with van der Waals surface area (Å²) in [6.45, 7) is 3.87. The van der Waals surface area contributed by atoms with Gasteiger partial charge >= 0.3 is 0 Å². The minimum absolute atomic E-state index is 0.0133. The molecule has 1 amide bonds. The average molecular weight is 277 g/mol. The molecule has 1 aromatic rings. The van der Waals surface area contributed by atoms with Crippen LogP contribution in [0, 0.1) is 12.8 Å². The largest absolute Gasteiger partial charge is 0.496 e. The van der Waals surface area contributed by atoms with Crippen LogP contribution in [0.5, 0.6) is 5.75 Å². The lowest BCUT2D eigenvalue weighted by atomic mass is 9.96. The maximum absolute atomic E-state index is 12.1. The van der Waals surface area contributed by atoms with E-state index in [-0.39, 0.29) is 12.5 Å². The molecule has 1 unspecified atom stereocenters. The molecule has 4 nitrogen and oxygen atoms in total. The van der Waals surface area contributed by atoms with E-state index in [1.807, 2.05) is 32.0 Å². The van der Waals surface area contributed by atoms with Crippen LogP contribution in [0.15, 0.2) is 18.2 Å². The minimum atomic E-state index is -0.480. The molecule has 0 heterocycles. The lowest BCUT2D eigenvalue weighted by Gasteiger charge is -2.28. The van der Waals surface area contributed by atoms with E-state index >= 15 is 0 Å². The number of hydrogen-bond donors (Lipinski definition) is 2. The average Bonchev–Trinajstić information content (AvgIpc) is 3.25. The number of hydrogen-bond acceptors (Lipinski definition) is 3. The molecule has 0 aromatic heterocycles. The number of aryl methyl sites for hydroxylation is 1. The molecule has 1 atom stereocenters. The number of carbonyl (C=O) groups excluding carboxylic acids is 1. The Labute approximate surface area is 120 Å². The Kier molecular flexibility index (Phi) is 4.33. The van der Waals surface area contributed by atoms with Gasteiger partial charge in [0.25, 0.3) is 0 Å². The topological polar surface area (TPSA) is 58.6 Å². The number of carbonyl (C=O) groups is 1. The van der Waals surface area contributed by atoms with Gasteiger partial charge in [0.05, 0.1) is 25.7 Å². The van der Waals surface area contributed by atoms with Crippen LogP contribution in [0.3, 0.4) is 0 Å². The van der Waals surface area contributed by atoms with Gasteiger partial charge in [0, 0.05) is 0 Å². The van der Waals surface area contributed by atoms with Crippen molar-refractivity contribution in [1.29, 1.82) is 0 Å². The predicted molar refractivity (Wildman–Crippen MR) is 77.8 cm³/mol. The summed E-state index contributed by atoms with van der Waals surface area (Å²) in [5.74, 6) is 1.14. The summed E-state index contributed by atoms with van der Waals surface area (Å²) in [5.41, 5.74) is 1.49. The van der Waals surface area contributed by atoms with Crippen molar-refractivity contribution in [3.05, 3.63) is 29.3 Å². The number of ether oxygens (including phenoxy) is 1. The third kappa shape index (κ3) is 3.31. The molecule has 0 aliphatic heterocycles. The van der Waals surface area contributed by atoms with E-state index in [9.17, 15) is 9.90 Å². The summed E-state index contributed by atoms with van der Waals surface area (Å²) >= 11 is 0. The second-order valence-corrected chi connectivity index (χ2v) is 5.88. The normalized spacial score (nSPS) is 17.4. The third-order valence-corrected chi connectivity index (χ3v) is 4.07. The second-order valence-electron chi connectivity index (χ2n) is 5.88. The van der Waals surface area contributed by atoms with Crippen LogP contribution in [-0.2, 0) is 11.2 Å². The molecule has 1 aliphatic carbocycles. The van der Waals surface area contributed by atoms with E-state index < -0.39 is 5.54 Å². The highest BCUT2D eigenvalue weighted by molar-refractivity contribution is 5.79. The van der Waals surface area contributed by atoms with Crippen molar-refractivity contribution in [3.8, 4) is 5.75 Å². The fourth-order valence-corrected chi connectivity index (χ4v) is 2.51. The Morgan fingerprint density at radius 2 is 2.20 bits per heavy atom. The number of nitrogens with one attached hydrogen (secondary N) is 1. The van der Waals surface area contributed by atoms with Gasteiger partial charge in [-0.3, -0.25) is 4.79 Å². The molecule has 2 rings (SSSR count). The molecule has 0 spiro atoms. The van der Waals surface area contributed by atoms with Crippen molar-refractivity contribution in [2.75, 3.05) is 13.7 Å². The summed E-state index contributed by atoms with van der Waals surface area (Å²) in [6, 6.07) is 5.78. The number of methoxy groups -OCH3 is 1. The summed E-state index contributed by atoms with van der Waals surface area (Å²) < 4.78 is 5.27. The number of amides is 1. The van der Waals surface area contributed by atoms with E-state index in [4.69, 9.17) is 4.74 Å². The molecule has 1 fully saturated rings. The maximum atomic E-state index is 12.1. The molecule has 0 radical (unpaired) electrons. The van der Waals surface area contributed by atoms with Crippen LogP contribution in [0.1, 0.15) is 30.9 Å². The van der Waals surface area contributed by atoms with Crippen LogP contribution < -0.4 is 10.1 Å². The van der Waals surface area contributed by atoms with Crippen LogP contribution in [0.4, 0.5) is 0 Å². The Morgan fingerprint density at radius 1 is 1.50 bits per heavy atom. The lowest BCUT2D eigenvalue weighted by Crippen LogP contribution is -2.51. The van der Waals surface area contributed by atoms with Crippen LogP contribution in [0.2, 0.25) is 0 Å². The zero-order valence-corrected chi connectivity index (χ0v) is 12.4. The van der Waals surface area contributed by atoms with Crippen LogP contribution >= 0.6 is 0 Å². The van der Waals surface area contributed by atoms with Crippen LogP contribution in [0.25, 0.3) is 0 Å². The minimum Gasteiger partial charge on any atom is -0.496 e. The Bertz CT molecular complexity index is 496. The monoisotopic (exact) mass is 277 g/mol. The SMILES string of the molecule is COc1cc(CC(=O)NC(C)(CO)C2CC2)ccc1C. The van der Waals surface area contributed by atoms with Gasteiger partial charge in [-0.1, -0.05) is 12.1 Å². The summed E-state index contributed by atoms with van der Waals surface area (Å²) in [6.07, 6.45) is 2.46. The Morgan fingerprint density at radius 3 is 2.75 bits per heavy atom. The van der Waals surface area contributed by atoms with E-state index in [0.717, 1.165) is 29.7 Å². The first-order valence-corrected chi connectivity index (χ1v) is 7.04. The fraction of sp³-hybridized carbons (Fsp3) is 0.562. The highest BCUT2D eigenvalue weighted by Gasteiger charge is 2.42. The van der Waals surface area contributed by atoms with Crippen molar-refractivity contribution >= 4 is 5.91 Å². The van der Waals surface area contributed by atoms with Gasteiger partial charge in [0.15, 0.2) is 0 Å². The molecule has 0 bridgehead atoms. The molecular weight excluding hydrogens is 254 g/mol. The molecular formula is C16H23NO3. The van der Waals surface area contributed by atoms with Crippen molar-refractivity contribution in [2.24, 2.45) is 5.92 Å². The van der Waals surface area contributed by atoms with Gasteiger partial charge in [0.2, 0.25) is 5.91 Å². The van der Waals surface area contributed by atoms with Crippen molar-refractivity contribution in [1.82, 2.24) is 5.32 Å². The van der Waals surface area contributed by atoms with E-state index in [1.165, 1.54) is 0 Å². The highest BCUT2D eigenvalue weighted by Crippen LogP contribution is 2.39. The summed E-state index contributed by atoms with van der Waals surface area (Å²) in [7, 11) is 1.63.